The number of aromatic nitrogens is 4. The molecule has 3 heterocycles. The lowest BCUT2D eigenvalue weighted by Crippen LogP contribution is -2.49. The Morgan fingerprint density at radius 1 is 0.816 bits per heavy atom. The molecule has 2 amide bonds. The smallest absolute Gasteiger partial charge is 0.319 e. The predicted octanol–water partition coefficient (Wildman–Crippen LogP) is 5.80. The van der Waals surface area contributed by atoms with Crippen LogP contribution in [0.1, 0.15) is 48.9 Å². The number of nitrogen functional groups attached to an aromatic ring is 1. The van der Waals surface area contributed by atoms with Crippen molar-refractivity contribution < 1.29 is 4.79 Å². The van der Waals surface area contributed by atoms with E-state index in [-0.39, 0.29) is 12.1 Å². The maximum absolute atomic E-state index is 12.6. The Morgan fingerprint density at radius 3 is 2.00 bits per heavy atom. The first kappa shape index (κ1) is 33.9. The van der Waals surface area contributed by atoms with Crippen LogP contribution in [0, 0.1) is 0 Å². The molecule has 49 heavy (non-hydrogen) atoms. The van der Waals surface area contributed by atoms with Crippen LogP contribution in [-0.2, 0) is 0 Å². The summed E-state index contributed by atoms with van der Waals surface area (Å²) in [6, 6.07) is 28.4. The maximum atomic E-state index is 12.6. The number of urea groups is 1. The highest BCUT2D eigenvalue weighted by atomic mass is 16.2. The van der Waals surface area contributed by atoms with Gasteiger partial charge in [-0.15, -0.1) is 0 Å². The van der Waals surface area contributed by atoms with Crippen LogP contribution in [0.4, 0.5) is 22.0 Å². The van der Waals surface area contributed by atoms with Crippen molar-refractivity contribution in [1.29, 1.82) is 0 Å². The molecule has 2 fully saturated rings. The van der Waals surface area contributed by atoms with Gasteiger partial charge in [-0.25, -0.2) is 19.4 Å². The van der Waals surface area contributed by atoms with Crippen molar-refractivity contribution in [2.75, 3.05) is 63.3 Å². The summed E-state index contributed by atoms with van der Waals surface area (Å²) >= 11 is 0. The van der Waals surface area contributed by atoms with Crippen LogP contribution >= 0.6 is 0 Å². The monoisotopic (exact) mass is 660 g/mol. The van der Waals surface area contributed by atoms with Crippen LogP contribution in [0.2, 0.25) is 0 Å². The lowest BCUT2D eigenvalue weighted by atomic mass is 9.90. The van der Waals surface area contributed by atoms with Crippen molar-refractivity contribution in [3.05, 3.63) is 109 Å². The molecule has 0 unspecified atom stereocenters. The predicted molar refractivity (Wildman–Crippen MR) is 198 cm³/mol. The zero-order valence-corrected chi connectivity index (χ0v) is 28.7. The van der Waals surface area contributed by atoms with Gasteiger partial charge < -0.3 is 26.2 Å². The van der Waals surface area contributed by atoms with Crippen molar-refractivity contribution >= 4 is 34.3 Å². The minimum Gasteiger partial charge on any atom is -0.383 e. The van der Waals surface area contributed by atoms with E-state index in [9.17, 15) is 4.79 Å². The molecule has 0 bridgehead atoms. The minimum atomic E-state index is -0.236. The third-order valence-electron chi connectivity index (χ3n) is 9.67. The molecule has 7 rings (SSSR count). The zero-order valence-electron chi connectivity index (χ0n) is 28.7. The van der Waals surface area contributed by atoms with Gasteiger partial charge in [0.25, 0.3) is 0 Å². The number of piperazine rings is 1. The molecule has 0 spiro atoms. The molecule has 11 heteroatoms. The van der Waals surface area contributed by atoms with Crippen molar-refractivity contribution in [3.8, 4) is 0 Å². The lowest BCUT2D eigenvalue weighted by molar-refractivity contribution is 0.0815. The molecule has 0 radical (unpaired) electrons. The fraction of sp³-hybridized carbons (Fsp3) is 0.368. The highest BCUT2D eigenvalue weighted by molar-refractivity contribution is 5.90. The first-order valence-electron chi connectivity index (χ1n) is 17.2. The largest absolute Gasteiger partial charge is 0.383 e. The number of rotatable bonds is 7. The SMILES string of the molecule is CN(C)c1ccc(NC(=O)NC(c2ccccc2)c2ccccc2)cc1.CN1CCN(C2CCC(n3ncc4c(N)ncnc43)CC2)CC1. The fourth-order valence-electron chi connectivity index (χ4n) is 6.79. The first-order chi connectivity index (χ1) is 23.9. The van der Waals surface area contributed by atoms with E-state index in [4.69, 9.17) is 5.73 Å². The summed E-state index contributed by atoms with van der Waals surface area (Å²) in [5, 5.41) is 11.4. The fourth-order valence-corrected chi connectivity index (χ4v) is 6.79. The number of carbonyl (C=O) groups is 1. The molecular formula is C38H48N10O. The summed E-state index contributed by atoms with van der Waals surface area (Å²) in [7, 11) is 6.18. The maximum Gasteiger partial charge on any atom is 0.319 e. The van der Waals surface area contributed by atoms with Crippen LogP contribution in [0.25, 0.3) is 11.0 Å². The van der Waals surface area contributed by atoms with Crippen molar-refractivity contribution in [1.82, 2.24) is 34.9 Å². The Morgan fingerprint density at radius 2 is 1.41 bits per heavy atom. The molecule has 0 atom stereocenters. The van der Waals surface area contributed by atoms with Gasteiger partial charge in [-0.3, -0.25) is 4.90 Å². The number of nitrogens with two attached hydrogens (primary N) is 1. The summed E-state index contributed by atoms with van der Waals surface area (Å²) < 4.78 is 2.06. The second-order valence-corrected chi connectivity index (χ2v) is 13.2. The summed E-state index contributed by atoms with van der Waals surface area (Å²) in [5.74, 6) is 0.521. The quantitative estimate of drug-likeness (QED) is 0.200. The molecule has 3 aromatic carbocycles. The number of hydrogen-bond acceptors (Lipinski definition) is 8. The average Bonchev–Trinajstić information content (AvgIpc) is 3.58. The molecule has 4 N–H and O–H groups in total. The topological polar surface area (TPSA) is 120 Å². The summed E-state index contributed by atoms with van der Waals surface area (Å²) in [6.07, 6.45) is 8.16. The average molecular weight is 661 g/mol. The Labute approximate surface area is 289 Å². The Hall–Kier alpha value is -5.00. The van der Waals surface area contributed by atoms with Gasteiger partial charge in [0.1, 0.15) is 12.1 Å². The van der Waals surface area contributed by atoms with Gasteiger partial charge >= 0.3 is 6.03 Å². The highest BCUT2D eigenvalue weighted by Gasteiger charge is 2.29. The van der Waals surface area contributed by atoms with Crippen LogP contribution in [-0.4, -0.2) is 88.9 Å². The third kappa shape index (κ3) is 8.54. The number of benzene rings is 3. The molecule has 1 aliphatic carbocycles. The van der Waals surface area contributed by atoms with Gasteiger partial charge in [0.15, 0.2) is 5.65 Å². The van der Waals surface area contributed by atoms with Crippen molar-refractivity contribution in [2.24, 2.45) is 0 Å². The Balaban J connectivity index is 0.000000171. The second kappa shape index (κ2) is 15.9. The second-order valence-electron chi connectivity index (χ2n) is 13.2. The third-order valence-corrected chi connectivity index (χ3v) is 9.67. The molecule has 1 saturated carbocycles. The van der Waals surface area contributed by atoms with Crippen LogP contribution in [0.3, 0.4) is 0 Å². The van der Waals surface area contributed by atoms with E-state index in [1.54, 1.807) is 6.20 Å². The van der Waals surface area contributed by atoms with Crippen molar-refractivity contribution in [3.63, 3.8) is 0 Å². The number of nitrogens with zero attached hydrogens (tertiary/aromatic N) is 7. The molecule has 2 aliphatic rings. The van der Waals surface area contributed by atoms with Crippen LogP contribution in [0.15, 0.2) is 97.5 Å². The Bertz CT molecular complexity index is 1720. The summed E-state index contributed by atoms with van der Waals surface area (Å²) in [4.78, 5) is 28.1. The van der Waals surface area contributed by atoms with E-state index in [0.717, 1.165) is 52.4 Å². The van der Waals surface area contributed by atoms with Gasteiger partial charge in [-0.05, 0) is 68.1 Å². The first-order valence-corrected chi connectivity index (χ1v) is 17.2. The molecule has 256 valence electrons. The summed E-state index contributed by atoms with van der Waals surface area (Å²) in [6.45, 7) is 4.81. The normalized spacial score (nSPS) is 18.4. The number of likely N-dealkylation sites (N-methyl/N-ethyl adjacent to an activating group) is 1. The van der Waals surface area contributed by atoms with Crippen molar-refractivity contribution in [2.45, 2.75) is 43.8 Å². The van der Waals surface area contributed by atoms with E-state index in [2.05, 4.69) is 47.2 Å². The number of hydrogen-bond donors (Lipinski definition) is 3. The van der Waals surface area contributed by atoms with E-state index < -0.39 is 0 Å². The molecule has 11 nitrogen and oxygen atoms in total. The lowest BCUT2D eigenvalue weighted by Gasteiger charge is -2.41. The number of fused-ring (bicyclic) bond motifs is 1. The van der Waals surface area contributed by atoms with E-state index in [1.165, 1.54) is 45.3 Å². The number of carbonyl (C=O) groups excluding carboxylic acids is 1. The number of anilines is 3. The molecule has 5 aromatic rings. The van der Waals surface area contributed by atoms with E-state index in [1.807, 2.05) is 104 Å². The van der Waals surface area contributed by atoms with Gasteiger partial charge in [0.05, 0.1) is 23.7 Å². The molecule has 2 aromatic heterocycles. The standard InChI is InChI=1S/C22H23N3O.C16H25N7/c1-25(2)20-15-13-19(14-16-20)23-22(26)24-21(17-9-5-3-6-10-17)18-11-7-4-8-12-18;1-21-6-8-22(9-7-21)12-2-4-13(5-3-12)23-16-14(10-20-23)15(17)18-11-19-16/h3-16,21H,1-2H3,(H2,23,24,26);10-13H,2-9H2,1H3,(H2,17,18,19). The van der Waals surface area contributed by atoms with Gasteiger partial charge in [-0.1, -0.05) is 60.7 Å². The Kier molecular flexibility index (Phi) is 11.0. The van der Waals surface area contributed by atoms with Gasteiger partial charge in [-0.2, -0.15) is 5.10 Å². The zero-order chi connectivity index (χ0) is 34.2. The molecule has 1 aliphatic heterocycles. The summed E-state index contributed by atoms with van der Waals surface area (Å²) in [5.41, 5.74) is 10.7. The highest BCUT2D eigenvalue weighted by Crippen LogP contribution is 2.33. The number of amides is 2. The number of nitrogens with one attached hydrogen (secondary N) is 2. The van der Waals surface area contributed by atoms with Gasteiger partial charge in [0, 0.05) is 57.7 Å². The van der Waals surface area contributed by atoms with E-state index >= 15 is 0 Å². The molecular weight excluding hydrogens is 612 g/mol. The molecule has 1 saturated heterocycles. The van der Waals surface area contributed by atoms with Crippen LogP contribution in [0.5, 0.6) is 0 Å². The van der Waals surface area contributed by atoms with E-state index in [0.29, 0.717) is 11.9 Å². The minimum absolute atomic E-state index is 0.210. The van der Waals surface area contributed by atoms with Gasteiger partial charge in [0.2, 0.25) is 0 Å². The van der Waals surface area contributed by atoms with Crippen LogP contribution < -0.4 is 21.3 Å².